The predicted octanol–water partition coefficient (Wildman–Crippen LogP) is 5.72. The minimum Gasteiger partial charge on any atom is -0.324 e. The Hall–Kier alpha value is -3.12. The smallest absolute Gasteiger partial charge is 0.252 e. The first-order chi connectivity index (χ1) is 14.5. The minimum atomic E-state index is -0.0573. The predicted molar refractivity (Wildman–Crippen MR) is 125 cm³/mol. The maximum atomic E-state index is 12.3. The summed E-state index contributed by atoms with van der Waals surface area (Å²) in [5.74, 6) is 1.42. The second-order valence-electron chi connectivity index (χ2n) is 7.48. The zero-order chi connectivity index (χ0) is 21.1. The molecule has 0 unspecified atom stereocenters. The Kier molecular flexibility index (Phi) is 5.86. The van der Waals surface area contributed by atoms with Crippen molar-refractivity contribution in [3.05, 3.63) is 88.3 Å². The number of aromatic nitrogens is 3. The lowest BCUT2D eigenvalue weighted by Gasteiger charge is -2.14. The standard InChI is InChI=1S/C24H24N4OS/c1-16(2)28-22(29)12-9-19-14-25-24(27-23(19)28)26-21-11-10-20(13-17(21)3)30-15-18-7-5-4-6-8-18/h4-14,16H,15H2,1-3H3,(H,25,26,27). The molecule has 2 aromatic heterocycles. The topological polar surface area (TPSA) is 59.8 Å². The van der Waals surface area contributed by atoms with Crippen LogP contribution >= 0.6 is 11.8 Å². The number of anilines is 2. The fraction of sp³-hybridized carbons (Fsp3) is 0.208. The second-order valence-corrected chi connectivity index (χ2v) is 8.53. The van der Waals surface area contributed by atoms with Crippen LogP contribution in [0.1, 0.15) is 31.0 Å². The van der Waals surface area contributed by atoms with E-state index in [4.69, 9.17) is 0 Å². The van der Waals surface area contributed by atoms with Crippen molar-refractivity contribution < 1.29 is 0 Å². The Morgan fingerprint density at radius 1 is 1.07 bits per heavy atom. The summed E-state index contributed by atoms with van der Waals surface area (Å²) in [6.07, 6.45) is 1.75. The van der Waals surface area contributed by atoms with Gasteiger partial charge in [0, 0.05) is 40.0 Å². The molecule has 2 heterocycles. The summed E-state index contributed by atoms with van der Waals surface area (Å²) in [5, 5.41) is 4.15. The van der Waals surface area contributed by atoms with Crippen molar-refractivity contribution in [3.8, 4) is 0 Å². The molecule has 0 aliphatic carbocycles. The first-order valence-electron chi connectivity index (χ1n) is 9.94. The molecule has 4 rings (SSSR count). The number of hydrogen-bond acceptors (Lipinski definition) is 5. The summed E-state index contributed by atoms with van der Waals surface area (Å²) < 4.78 is 1.69. The Morgan fingerprint density at radius 3 is 2.60 bits per heavy atom. The van der Waals surface area contributed by atoms with Crippen LogP contribution in [0, 0.1) is 6.92 Å². The quantitative estimate of drug-likeness (QED) is 0.408. The van der Waals surface area contributed by atoms with Crippen molar-refractivity contribution in [2.45, 2.75) is 37.5 Å². The third kappa shape index (κ3) is 4.39. The fourth-order valence-electron chi connectivity index (χ4n) is 3.33. The maximum Gasteiger partial charge on any atom is 0.252 e. The van der Waals surface area contributed by atoms with E-state index in [2.05, 4.69) is 64.7 Å². The fourth-order valence-corrected chi connectivity index (χ4v) is 4.28. The first-order valence-corrected chi connectivity index (χ1v) is 10.9. The average molecular weight is 417 g/mol. The van der Waals surface area contributed by atoms with Gasteiger partial charge in [-0.1, -0.05) is 30.3 Å². The van der Waals surface area contributed by atoms with Gasteiger partial charge in [0.1, 0.15) is 5.65 Å². The van der Waals surface area contributed by atoms with E-state index in [-0.39, 0.29) is 11.6 Å². The molecule has 1 N–H and O–H groups in total. The van der Waals surface area contributed by atoms with Gasteiger partial charge < -0.3 is 5.32 Å². The Balaban J connectivity index is 1.56. The van der Waals surface area contributed by atoms with Crippen molar-refractivity contribution in [1.29, 1.82) is 0 Å². The molecular formula is C24H24N4OS. The number of rotatable bonds is 6. The normalized spacial score (nSPS) is 11.2. The van der Waals surface area contributed by atoms with Crippen LogP contribution in [0.15, 0.2) is 76.6 Å². The van der Waals surface area contributed by atoms with Crippen LogP contribution in [0.2, 0.25) is 0 Å². The lowest BCUT2D eigenvalue weighted by atomic mass is 10.2. The van der Waals surface area contributed by atoms with Gasteiger partial charge in [-0.15, -0.1) is 11.8 Å². The number of benzene rings is 2. The molecule has 152 valence electrons. The summed E-state index contributed by atoms with van der Waals surface area (Å²) in [6.45, 7) is 6.03. The van der Waals surface area contributed by atoms with Gasteiger partial charge in [-0.3, -0.25) is 9.36 Å². The average Bonchev–Trinajstić information content (AvgIpc) is 2.74. The van der Waals surface area contributed by atoms with E-state index < -0.39 is 0 Å². The van der Waals surface area contributed by atoms with Crippen LogP contribution in [0.25, 0.3) is 11.0 Å². The van der Waals surface area contributed by atoms with E-state index >= 15 is 0 Å². The summed E-state index contributed by atoms with van der Waals surface area (Å²) in [4.78, 5) is 22.6. The molecule has 0 spiro atoms. The van der Waals surface area contributed by atoms with Crippen molar-refractivity contribution in [2.24, 2.45) is 0 Å². The summed E-state index contributed by atoms with van der Waals surface area (Å²) in [7, 11) is 0. The van der Waals surface area contributed by atoms with Crippen molar-refractivity contribution in [3.63, 3.8) is 0 Å². The van der Waals surface area contributed by atoms with Gasteiger partial charge in [0.15, 0.2) is 0 Å². The molecule has 0 aliphatic heterocycles. The number of nitrogens with zero attached hydrogens (tertiary/aromatic N) is 3. The number of thioether (sulfide) groups is 1. The van der Waals surface area contributed by atoms with Gasteiger partial charge in [-0.25, -0.2) is 4.98 Å². The molecule has 6 heteroatoms. The lowest BCUT2D eigenvalue weighted by Crippen LogP contribution is -2.22. The van der Waals surface area contributed by atoms with Crippen molar-refractivity contribution in [1.82, 2.24) is 14.5 Å². The summed E-state index contributed by atoms with van der Waals surface area (Å²) in [5.41, 5.74) is 3.96. The third-order valence-electron chi connectivity index (χ3n) is 4.88. The Bertz CT molecular complexity index is 1240. The molecule has 4 aromatic rings. The molecule has 0 fully saturated rings. The molecule has 5 nitrogen and oxygen atoms in total. The number of aryl methyl sites for hydroxylation is 1. The van der Waals surface area contributed by atoms with Gasteiger partial charge in [0.2, 0.25) is 5.95 Å². The van der Waals surface area contributed by atoms with Crippen LogP contribution in [0.5, 0.6) is 0 Å². The second kappa shape index (κ2) is 8.71. The molecular weight excluding hydrogens is 392 g/mol. The number of pyridine rings is 1. The molecule has 0 aliphatic rings. The van der Waals surface area contributed by atoms with E-state index in [1.54, 1.807) is 22.9 Å². The monoisotopic (exact) mass is 416 g/mol. The van der Waals surface area contributed by atoms with Gasteiger partial charge in [0.25, 0.3) is 5.56 Å². The van der Waals surface area contributed by atoms with Gasteiger partial charge in [-0.05, 0) is 56.2 Å². The number of nitrogens with one attached hydrogen (secondary N) is 1. The molecule has 0 bridgehead atoms. The zero-order valence-electron chi connectivity index (χ0n) is 17.3. The maximum absolute atomic E-state index is 12.3. The highest BCUT2D eigenvalue weighted by Crippen LogP contribution is 2.28. The number of hydrogen-bond donors (Lipinski definition) is 1. The molecule has 0 saturated carbocycles. The molecule has 0 radical (unpaired) electrons. The molecule has 0 saturated heterocycles. The Labute approximate surface area is 180 Å². The molecule has 0 amide bonds. The number of fused-ring (bicyclic) bond motifs is 1. The van der Waals surface area contributed by atoms with E-state index in [0.717, 1.165) is 22.4 Å². The van der Waals surface area contributed by atoms with Crippen molar-refractivity contribution >= 4 is 34.4 Å². The van der Waals surface area contributed by atoms with Crippen LogP contribution < -0.4 is 10.9 Å². The van der Waals surface area contributed by atoms with Crippen molar-refractivity contribution in [2.75, 3.05) is 5.32 Å². The van der Waals surface area contributed by atoms with Crippen LogP contribution in [0.3, 0.4) is 0 Å². The van der Waals surface area contributed by atoms with Crippen LogP contribution in [-0.4, -0.2) is 14.5 Å². The molecule has 30 heavy (non-hydrogen) atoms. The molecule has 0 atom stereocenters. The third-order valence-corrected chi connectivity index (χ3v) is 5.94. The van der Waals surface area contributed by atoms with Crippen LogP contribution in [0.4, 0.5) is 11.6 Å². The SMILES string of the molecule is Cc1cc(SCc2ccccc2)ccc1Nc1ncc2ccc(=O)n(C(C)C)c2n1. The highest BCUT2D eigenvalue weighted by molar-refractivity contribution is 7.98. The highest BCUT2D eigenvalue weighted by atomic mass is 32.2. The minimum absolute atomic E-state index is 0.0200. The largest absolute Gasteiger partial charge is 0.324 e. The molecule has 2 aromatic carbocycles. The van der Waals surface area contributed by atoms with E-state index in [1.807, 2.05) is 31.7 Å². The van der Waals surface area contributed by atoms with Crippen LogP contribution in [-0.2, 0) is 5.75 Å². The Morgan fingerprint density at radius 2 is 1.87 bits per heavy atom. The highest BCUT2D eigenvalue weighted by Gasteiger charge is 2.10. The summed E-state index contributed by atoms with van der Waals surface area (Å²) >= 11 is 1.81. The first kappa shape index (κ1) is 20.2. The van der Waals surface area contributed by atoms with Gasteiger partial charge >= 0.3 is 0 Å². The lowest BCUT2D eigenvalue weighted by molar-refractivity contribution is 0.595. The van der Waals surface area contributed by atoms with E-state index in [9.17, 15) is 4.79 Å². The van der Waals surface area contributed by atoms with E-state index in [0.29, 0.717) is 11.6 Å². The van der Waals surface area contributed by atoms with E-state index in [1.165, 1.54) is 10.5 Å². The summed E-state index contributed by atoms with van der Waals surface area (Å²) in [6, 6.07) is 20.1. The van der Waals surface area contributed by atoms with Gasteiger partial charge in [0.05, 0.1) is 0 Å². The zero-order valence-corrected chi connectivity index (χ0v) is 18.1. The van der Waals surface area contributed by atoms with Gasteiger partial charge in [-0.2, -0.15) is 4.98 Å².